The number of amides is 2. The van der Waals surface area contributed by atoms with Gasteiger partial charge in [0.1, 0.15) is 0 Å². The van der Waals surface area contributed by atoms with Crippen molar-refractivity contribution < 1.29 is 23.8 Å². The van der Waals surface area contributed by atoms with Crippen molar-refractivity contribution in [2.75, 3.05) is 41.0 Å². The molecule has 0 unspecified atom stereocenters. The second-order valence-corrected chi connectivity index (χ2v) is 8.71. The SMILES string of the molecule is COc1cc([C@H]2CN(C(=O)CC(C)C)C[C@@H]2C(=O)NCC(C)C)cc(OC)c1OC. The molecule has 1 aliphatic rings. The summed E-state index contributed by atoms with van der Waals surface area (Å²) in [6, 6.07) is 3.76. The minimum Gasteiger partial charge on any atom is -0.493 e. The average molecular weight is 421 g/mol. The molecule has 0 saturated carbocycles. The van der Waals surface area contributed by atoms with Crippen molar-refractivity contribution in [2.45, 2.75) is 40.0 Å². The van der Waals surface area contributed by atoms with E-state index >= 15 is 0 Å². The third kappa shape index (κ3) is 5.58. The van der Waals surface area contributed by atoms with E-state index in [1.54, 1.807) is 21.3 Å². The molecular formula is C23H36N2O5. The third-order valence-corrected chi connectivity index (χ3v) is 5.39. The van der Waals surface area contributed by atoms with Crippen LogP contribution in [0.25, 0.3) is 0 Å². The van der Waals surface area contributed by atoms with Crippen LogP contribution in [0, 0.1) is 17.8 Å². The molecule has 0 bridgehead atoms. The number of likely N-dealkylation sites (tertiary alicyclic amines) is 1. The van der Waals surface area contributed by atoms with Crippen LogP contribution >= 0.6 is 0 Å². The molecule has 1 heterocycles. The number of hydrogen-bond acceptors (Lipinski definition) is 5. The monoisotopic (exact) mass is 420 g/mol. The zero-order valence-corrected chi connectivity index (χ0v) is 19.3. The largest absolute Gasteiger partial charge is 0.493 e. The van der Waals surface area contributed by atoms with Crippen molar-refractivity contribution in [3.8, 4) is 17.2 Å². The molecule has 2 rings (SSSR count). The summed E-state index contributed by atoms with van der Waals surface area (Å²) < 4.78 is 16.4. The Bertz CT molecular complexity index is 722. The Balaban J connectivity index is 2.39. The van der Waals surface area contributed by atoms with Gasteiger partial charge in [-0.15, -0.1) is 0 Å². The molecule has 1 aromatic carbocycles. The number of carbonyl (C=O) groups excluding carboxylic acids is 2. The Morgan fingerprint density at radius 2 is 1.60 bits per heavy atom. The fourth-order valence-electron chi connectivity index (χ4n) is 3.84. The summed E-state index contributed by atoms with van der Waals surface area (Å²) in [7, 11) is 4.70. The number of nitrogens with zero attached hydrogens (tertiary/aromatic N) is 1. The van der Waals surface area contributed by atoms with Crippen LogP contribution in [0.5, 0.6) is 17.2 Å². The lowest BCUT2D eigenvalue weighted by atomic mass is 9.87. The van der Waals surface area contributed by atoms with Gasteiger partial charge in [-0.25, -0.2) is 0 Å². The second-order valence-electron chi connectivity index (χ2n) is 8.71. The van der Waals surface area contributed by atoms with E-state index < -0.39 is 0 Å². The summed E-state index contributed by atoms with van der Waals surface area (Å²) in [6.07, 6.45) is 0.475. The molecular weight excluding hydrogens is 384 g/mol. The van der Waals surface area contributed by atoms with Gasteiger partial charge in [0.05, 0.1) is 27.2 Å². The molecule has 2 amide bonds. The number of carbonyl (C=O) groups is 2. The van der Waals surface area contributed by atoms with Gasteiger partial charge >= 0.3 is 0 Å². The molecule has 7 nitrogen and oxygen atoms in total. The van der Waals surface area contributed by atoms with Crippen LogP contribution in [0.3, 0.4) is 0 Å². The van der Waals surface area contributed by atoms with E-state index in [0.29, 0.717) is 49.2 Å². The molecule has 1 aromatic rings. The summed E-state index contributed by atoms with van der Waals surface area (Å²) >= 11 is 0. The van der Waals surface area contributed by atoms with Gasteiger partial charge in [-0.05, 0) is 29.5 Å². The highest BCUT2D eigenvalue weighted by molar-refractivity contribution is 5.83. The maximum atomic E-state index is 13.0. The predicted octanol–water partition coefficient (Wildman–Crippen LogP) is 3.07. The maximum absolute atomic E-state index is 13.0. The quantitative estimate of drug-likeness (QED) is 0.664. The van der Waals surface area contributed by atoms with Gasteiger partial charge in [0, 0.05) is 32.0 Å². The summed E-state index contributed by atoms with van der Waals surface area (Å²) in [4.78, 5) is 27.6. The first kappa shape index (κ1) is 23.8. The van der Waals surface area contributed by atoms with Gasteiger partial charge in [-0.1, -0.05) is 27.7 Å². The van der Waals surface area contributed by atoms with Crippen molar-refractivity contribution in [1.29, 1.82) is 0 Å². The Labute approximate surface area is 180 Å². The van der Waals surface area contributed by atoms with Crippen LogP contribution in [-0.4, -0.2) is 57.7 Å². The highest BCUT2D eigenvalue weighted by atomic mass is 16.5. The molecule has 1 saturated heterocycles. The molecule has 168 valence electrons. The van der Waals surface area contributed by atoms with Crippen LogP contribution in [0.4, 0.5) is 0 Å². The summed E-state index contributed by atoms with van der Waals surface area (Å²) in [6.45, 7) is 9.68. The maximum Gasteiger partial charge on any atom is 0.225 e. The fraction of sp³-hybridized carbons (Fsp3) is 0.652. The normalized spacial score (nSPS) is 18.6. The van der Waals surface area contributed by atoms with E-state index in [2.05, 4.69) is 19.2 Å². The first-order valence-electron chi connectivity index (χ1n) is 10.6. The number of hydrogen-bond donors (Lipinski definition) is 1. The predicted molar refractivity (Wildman–Crippen MR) is 116 cm³/mol. The minimum atomic E-state index is -0.331. The van der Waals surface area contributed by atoms with E-state index in [0.717, 1.165) is 5.56 Å². The van der Waals surface area contributed by atoms with Crippen molar-refractivity contribution >= 4 is 11.8 Å². The Morgan fingerprint density at radius 3 is 2.07 bits per heavy atom. The molecule has 0 aromatic heterocycles. The number of nitrogens with one attached hydrogen (secondary N) is 1. The zero-order chi connectivity index (χ0) is 22.4. The minimum absolute atomic E-state index is 0.0256. The van der Waals surface area contributed by atoms with Gasteiger partial charge in [0.25, 0.3) is 0 Å². The summed E-state index contributed by atoms with van der Waals surface area (Å²) in [5.41, 5.74) is 0.897. The van der Waals surface area contributed by atoms with E-state index in [-0.39, 0.29) is 29.6 Å². The highest BCUT2D eigenvalue weighted by Gasteiger charge is 2.41. The first-order valence-corrected chi connectivity index (χ1v) is 10.6. The van der Waals surface area contributed by atoms with Gasteiger partial charge in [0.2, 0.25) is 17.6 Å². The van der Waals surface area contributed by atoms with Crippen molar-refractivity contribution in [3.05, 3.63) is 17.7 Å². The second kappa shape index (κ2) is 10.5. The molecule has 1 fully saturated rings. The van der Waals surface area contributed by atoms with Gasteiger partial charge < -0.3 is 24.4 Å². The average Bonchev–Trinajstić information content (AvgIpc) is 3.16. The van der Waals surface area contributed by atoms with Crippen LogP contribution in [0.15, 0.2) is 12.1 Å². The molecule has 1 aliphatic heterocycles. The standard InChI is InChI=1S/C23H36N2O5/c1-14(2)8-21(26)25-12-17(18(13-25)23(27)24-11-15(3)4)16-9-19(28-5)22(30-7)20(10-16)29-6/h9-10,14-15,17-18H,8,11-13H2,1-7H3,(H,24,27)/t17-,18+/m1/s1. The molecule has 0 aliphatic carbocycles. The van der Waals surface area contributed by atoms with Gasteiger partial charge in [-0.2, -0.15) is 0 Å². The fourth-order valence-corrected chi connectivity index (χ4v) is 3.84. The van der Waals surface area contributed by atoms with Crippen LogP contribution < -0.4 is 19.5 Å². The Kier molecular flexibility index (Phi) is 8.38. The number of ether oxygens (including phenoxy) is 3. The lowest BCUT2D eigenvalue weighted by Crippen LogP contribution is -2.37. The van der Waals surface area contributed by atoms with E-state index in [4.69, 9.17) is 14.2 Å². The van der Waals surface area contributed by atoms with Crippen molar-refractivity contribution in [2.24, 2.45) is 17.8 Å². The molecule has 1 N–H and O–H groups in total. The molecule has 7 heteroatoms. The first-order chi connectivity index (χ1) is 14.2. The van der Waals surface area contributed by atoms with Gasteiger partial charge in [-0.3, -0.25) is 9.59 Å². The van der Waals surface area contributed by atoms with E-state index in [9.17, 15) is 9.59 Å². The summed E-state index contributed by atoms with van der Waals surface area (Å²) in [5, 5.41) is 3.04. The van der Waals surface area contributed by atoms with E-state index in [1.165, 1.54) is 0 Å². The molecule has 30 heavy (non-hydrogen) atoms. The van der Waals surface area contributed by atoms with Crippen molar-refractivity contribution in [3.63, 3.8) is 0 Å². The topological polar surface area (TPSA) is 77.1 Å². The number of benzene rings is 1. The molecule has 0 spiro atoms. The van der Waals surface area contributed by atoms with Gasteiger partial charge in [0.15, 0.2) is 11.5 Å². The van der Waals surface area contributed by atoms with Crippen LogP contribution in [0.2, 0.25) is 0 Å². The number of rotatable bonds is 9. The Hall–Kier alpha value is -2.44. The van der Waals surface area contributed by atoms with Crippen molar-refractivity contribution in [1.82, 2.24) is 10.2 Å². The zero-order valence-electron chi connectivity index (χ0n) is 19.3. The lowest BCUT2D eigenvalue weighted by Gasteiger charge is -2.21. The molecule has 2 atom stereocenters. The molecule has 0 radical (unpaired) electrons. The lowest BCUT2D eigenvalue weighted by molar-refractivity contribution is -0.131. The summed E-state index contributed by atoms with van der Waals surface area (Å²) in [5.74, 6) is 1.80. The number of methoxy groups -OCH3 is 3. The smallest absolute Gasteiger partial charge is 0.225 e. The van der Waals surface area contributed by atoms with Crippen LogP contribution in [-0.2, 0) is 9.59 Å². The Morgan fingerprint density at radius 1 is 1.00 bits per heavy atom. The third-order valence-electron chi connectivity index (χ3n) is 5.39. The highest BCUT2D eigenvalue weighted by Crippen LogP contribution is 2.43. The van der Waals surface area contributed by atoms with Crippen LogP contribution in [0.1, 0.15) is 45.6 Å². The van der Waals surface area contributed by atoms with E-state index in [1.807, 2.05) is 30.9 Å².